The Kier molecular flexibility index (Phi) is 3.27. The fourth-order valence-electron chi connectivity index (χ4n) is 2.53. The summed E-state index contributed by atoms with van der Waals surface area (Å²) in [5.74, 6) is -0.545. The highest BCUT2D eigenvalue weighted by Gasteiger charge is 2.34. The number of likely N-dealkylation sites (tertiary alicyclic amines) is 1. The van der Waals surface area contributed by atoms with Crippen molar-refractivity contribution in [2.75, 3.05) is 6.54 Å². The predicted octanol–water partition coefficient (Wildman–Crippen LogP) is 1.42. The summed E-state index contributed by atoms with van der Waals surface area (Å²) in [7, 11) is 0. The number of aliphatic carboxylic acids is 1. The van der Waals surface area contributed by atoms with Crippen LogP contribution in [0.5, 0.6) is 0 Å². The van der Waals surface area contributed by atoms with Crippen molar-refractivity contribution in [3.8, 4) is 0 Å². The molecule has 1 aliphatic heterocycles. The van der Waals surface area contributed by atoms with Crippen molar-refractivity contribution >= 4 is 11.9 Å². The fraction of sp³-hybridized carbons (Fsp3) is 0.667. The van der Waals surface area contributed by atoms with Gasteiger partial charge in [-0.1, -0.05) is 12.2 Å². The molecule has 1 fully saturated rings. The van der Waals surface area contributed by atoms with E-state index in [0.717, 1.165) is 19.3 Å². The number of nitrogens with zero attached hydrogens (tertiary/aromatic N) is 1. The minimum Gasteiger partial charge on any atom is -0.480 e. The highest BCUT2D eigenvalue weighted by molar-refractivity contribution is 5.84. The molecule has 88 valence electrons. The third-order valence-electron chi connectivity index (χ3n) is 3.41. The third-order valence-corrected chi connectivity index (χ3v) is 3.41. The average molecular weight is 223 g/mol. The lowest BCUT2D eigenvalue weighted by atomic mass is 10.0. The van der Waals surface area contributed by atoms with E-state index in [2.05, 4.69) is 12.2 Å². The highest BCUT2D eigenvalue weighted by Crippen LogP contribution is 2.24. The molecule has 0 spiro atoms. The Morgan fingerprint density at radius 1 is 1.38 bits per heavy atom. The lowest BCUT2D eigenvalue weighted by Gasteiger charge is -2.22. The third kappa shape index (κ3) is 2.26. The van der Waals surface area contributed by atoms with E-state index in [9.17, 15) is 9.59 Å². The van der Waals surface area contributed by atoms with Gasteiger partial charge in [0.05, 0.1) is 0 Å². The SMILES string of the molecule is O=C(O)[C@H]1CCCN1C(=O)CC1C=CCC1. The van der Waals surface area contributed by atoms with Crippen LogP contribution in [0.2, 0.25) is 0 Å². The summed E-state index contributed by atoms with van der Waals surface area (Å²) >= 11 is 0. The molecule has 16 heavy (non-hydrogen) atoms. The number of hydrogen-bond donors (Lipinski definition) is 1. The zero-order chi connectivity index (χ0) is 11.5. The van der Waals surface area contributed by atoms with Crippen LogP contribution in [0.15, 0.2) is 12.2 Å². The largest absolute Gasteiger partial charge is 0.480 e. The Bertz CT molecular complexity index is 324. The molecule has 1 saturated heterocycles. The van der Waals surface area contributed by atoms with E-state index in [4.69, 9.17) is 5.11 Å². The van der Waals surface area contributed by atoms with Crippen LogP contribution in [0.1, 0.15) is 32.1 Å². The molecular formula is C12H17NO3. The number of carbonyl (C=O) groups excluding carboxylic acids is 1. The zero-order valence-corrected chi connectivity index (χ0v) is 9.26. The zero-order valence-electron chi connectivity index (χ0n) is 9.26. The van der Waals surface area contributed by atoms with Gasteiger partial charge in [-0.25, -0.2) is 4.79 Å². The Morgan fingerprint density at radius 2 is 2.19 bits per heavy atom. The summed E-state index contributed by atoms with van der Waals surface area (Å²) in [5.41, 5.74) is 0. The van der Waals surface area contributed by atoms with Crippen LogP contribution < -0.4 is 0 Å². The van der Waals surface area contributed by atoms with Gasteiger partial charge in [0.1, 0.15) is 6.04 Å². The van der Waals surface area contributed by atoms with Crippen LogP contribution >= 0.6 is 0 Å². The molecular weight excluding hydrogens is 206 g/mol. The number of rotatable bonds is 3. The monoisotopic (exact) mass is 223 g/mol. The lowest BCUT2D eigenvalue weighted by molar-refractivity contribution is -0.148. The summed E-state index contributed by atoms with van der Waals surface area (Å²) in [4.78, 5) is 24.4. The van der Waals surface area contributed by atoms with Gasteiger partial charge in [-0.3, -0.25) is 4.79 Å². The molecule has 1 heterocycles. The van der Waals surface area contributed by atoms with Crippen LogP contribution in [0, 0.1) is 5.92 Å². The minimum absolute atomic E-state index is 0.00134. The number of carboxylic acid groups (broad SMARTS) is 1. The molecule has 0 aromatic heterocycles. The molecule has 1 N–H and O–H groups in total. The van der Waals surface area contributed by atoms with Crippen LogP contribution in [0.4, 0.5) is 0 Å². The van der Waals surface area contributed by atoms with Crippen LogP contribution in [0.25, 0.3) is 0 Å². The van der Waals surface area contributed by atoms with Crippen molar-refractivity contribution in [1.82, 2.24) is 4.90 Å². The molecule has 2 rings (SSSR count). The first-order valence-electron chi connectivity index (χ1n) is 5.87. The second-order valence-electron chi connectivity index (χ2n) is 4.55. The molecule has 0 radical (unpaired) electrons. The molecule has 2 aliphatic rings. The average Bonchev–Trinajstić information content (AvgIpc) is 2.86. The number of hydrogen-bond acceptors (Lipinski definition) is 2. The van der Waals surface area contributed by atoms with Gasteiger partial charge in [0.25, 0.3) is 0 Å². The molecule has 0 saturated carbocycles. The maximum absolute atomic E-state index is 11.9. The van der Waals surface area contributed by atoms with Crippen molar-refractivity contribution < 1.29 is 14.7 Å². The summed E-state index contributed by atoms with van der Waals surface area (Å²) in [6.45, 7) is 0.603. The Morgan fingerprint density at radius 3 is 2.81 bits per heavy atom. The number of carboxylic acids is 1. The first-order valence-corrected chi connectivity index (χ1v) is 5.87. The second kappa shape index (κ2) is 4.68. The summed E-state index contributed by atoms with van der Waals surface area (Å²) in [6, 6.07) is -0.585. The van der Waals surface area contributed by atoms with Crippen molar-refractivity contribution in [1.29, 1.82) is 0 Å². The number of amides is 1. The first-order chi connectivity index (χ1) is 7.68. The molecule has 0 bridgehead atoms. The molecule has 1 amide bonds. The molecule has 0 aromatic carbocycles. The van der Waals surface area contributed by atoms with Crippen LogP contribution in [-0.2, 0) is 9.59 Å². The molecule has 1 unspecified atom stereocenters. The van der Waals surface area contributed by atoms with Crippen molar-refractivity contribution in [3.05, 3.63) is 12.2 Å². The molecule has 0 aromatic rings. The molecule has 2 atom stereocenters. The van der Waals surface area contributed by atoms with Crippen molar-refractivity contribution in [3.63, 3.8) is 0 Å². The fourth-order valence-corrected chi connectivity index (χ4v) is 2.53. The van der Waals surface area contributed by atoms with Gasteiger partial charge in [-0.05, 0) is 31.6 Å². The van der Waals surface area contributed by atoms with Gasteiger partial charge in [-0.2, -0.15) is 0 Å². The predicted molar refractivity (Wildman–Crippen MR) is 58.9 cm³/mol. The maximum atomic E-state index is 11.9. The molecule has 4 heteroatoms. The highest BCUT2D eigenvalue weighted by atomic mass is 16.4. The van der Waals surface area contributed by atoms with E-state index >= 15 is 0 Å². The second-order valence-corrected chi connectivity index (χ2v) is 4.55. The number of allylic oxidation sites excluding steroid dienone is 2. The Labute approximate surface area is 94.9 Å². The Balaban J connectivity index is 1.92. The maximum Gasteiger partial charge on any atom is 0.326 e. The minimum atomic E-state index is -0.868. The van der Waals surface area contributed by atoms with Crippen LogP contribution in [-0.4, -0.2) is 34.5 Å². The lowest BCUT2D eigenvalue weighted by Crippen LogP contribution is -2.40. The van der Waals surface area contributed by atoms with E-state index in [1.165, 1.54) is 4.90 Å². The summed E-state index contributed by atoms with van der Waals surface area (Å²) in [5, 5.41) is 8.99. The quantitative estimate of drug-likeness (QED) is 0.736. The van der Waals surface area contributed by atoms with Crippen LogP contribution in [0.3, 0.4) is 0 Å². The summed E-state index contributed by atoms with van der Waals surface area (Å²) < 4.78 is 0. The first kappa shape index (κ1) is 11.2. The van der Waals surface area contributed by atoms with E-state index < -0.39 is 12.0 Å². The standard InChI is InChI=1S/C12H17NO3/c14-11(8-9-4-1-2-5-9)13-7-3-6-10(13)12(15)16/h1,4,9-10H,2-3,5-8H2,(H,15,16)/t9?,10-/m1/s1. The van der Waals surface area contributed by atoms with Gasteiger partial charge < -0.3 is 10.0 Å². The molecule has 1 aliphatic carbocycles. The van der Waals surface area contributed by atoms with E-state index in [-0.39, 0.29) is 5.91 Å². The Hall–Kier alpha value is -1.32. The number of carbonyl (C=O) groups is 2. The van der Waals surface area contributed by atoms with Gasteiger partial charge in [0.15, 0.2) is 0 Å². The van der Waals surface area contributed by atoms with Gasteiger partial charge in [-0.15, -0.1) is 0 Å². The summed E-state index contributed by atoms with van der Waals surface area (Å²) in [6.07, 6.45) is 8.11. The smallest absolute Gasteiger partial charge is 0.326 e. The topological polar surface area (TPSA) is 57.6 Å². The van der Waals surface area contributed by atoms with Crippen molar-refractivity contribution in [2.45, 2.75) is 38.1 Å². The van der Waals surface area contributed by atoms with E-state index in [0.29, 0.717) is 25.3 Å². The van der Waals surface area contributed by atoms with E-state index in [1.807, 2.05) is 0 Å². The molecule has 4 nitrogen and oxygen atoms in total. The van der Waals surface area contributed by atoms with Crippen molar-refractivity contribution in [2.24, 2.45) is 5.92 Å². The normalized spacial score (nSPS) is 28.6. The van der Waals surface area contributed by atoms with Gasteiger partial charge in [0.2, 0.25) is 5.91 Å². The van der Waals surface area contributed by atoms with E-state index in [1.54, 1.807) is 0 Å². The van der Waals surface area contributed by atoms with Gasteiger partial charge >= 0.3 is 5.97 Å². The van der Waals surface area contributed by atoms with Gasteiger partial charge in [0, 0.05) is 13.0 Å².